The van der Waals surface area contributed by atoms with Gasteiger partial charge in [-0.05, 0) is 76.3 Å². The summed E-state index contributed by atoms with van der Waals surface area (Å²) >= 11 is 2.64. The molecule has 8 nitrogen and oxygen atoms in total. The topological polar surface area (TPSA) is 111 Å². The minimum atomic E-state index is -0.898. The van der Waals surface area contributed by atoms with Crippen LogP contribution >= 0.6 is 22.7 Å². The number of hydrogen-bond donors (Lipinski definition) is 2. The van der Waals surface area contributed by atoms with Crippen molar-refractivity contribution in [2.24, 2.45) is 0 Å². The first kappa shape index (κ1) is 24.4. The molecule has 0 fully saturated rings. The number of amides is 2. The summed E-state index contributed by atoms with van der Waals surface area (Å²) in [6, 6.07) is 0. The zero-order valence-corrected chi connectivity index (χ0v) is 21.0. The molecule has 0 radical (unpaired) electrons. The van der Waals surface area contributed by atoms with E-state index in [0.717, 1.165) is 72.2 Å². The van der Waals surface area contributed by atoms with E-state index in [1.807, 2.05) is 0 Å². The molecule has 2 aliphatic carbocycles. The van der Waals surface area contributed by atoms with Crippen molar-refractivity contribution in [2.45, 2.75) is 65.2 Å². The zero-order chi connectivity index (χ0) is 24.2. The number of carbonyl (C=O) groups is 4. The van der Waals surface area contributed by atoms with Gasteiger partial charge in [-0.15, -0.1) is 22.7 Å². The van der Waals surface area contributed by atoms with Crippen LogP contribution in [0.4, 0.5) is 10.0 Å². The molecule has 2 aromatic rings. The van der Waals surface area contributed by atoms with E-state index in [0.29, 0.717) is 21.1 Å². The monoisotopic (exact) mass is 504 g/mol. The van der Waals surface area contributed by atoms with Gasteiger partial charge in [0.1, 0.15) is 10.0 Å². The van der Waals surface area contributed by atoms with Gasteiger partial charge in [-0.25, -0.2) is 9.59 Å². The predicted octanol–water partition coefficient (Wildman–Crippen LogP) is 4.50. The summed E-state index contributed by atoms with van der Waals surface area (Å²) < 4.78 is 10.4. The molecule has 2 amide bonds. The Morgan fingerprint density at radius 3 is 1.44 bits per heavy atom. The first-order valence-corrected chi connectivity index (χ1v) is 13.3. The highest BCUT2D eigenvalue weighted by atomic mass is 32.1. The number of carbonyl (C=O) groups excluding carboxylic acids is 4. The van der Waals surface area contributed by atoms with Crippen molar-refractivity contribution in [1.82, 2.24) is 0 Å². The van der Waals surface area contributed by atoms with Crippen LogP contribution in [0.1, 0.15) is 81.1 Å². The van der Waals surface area contributed by atoms with E-state index in [1.54, 1.807) is 13.8 Å². The molecule has 0 aromatic carbocycles. The van der Waals surface area contributed by atoms with E-state index in [2.05, 4.69) is 10.6 Å². The second-order valence-electron chi connectivity index (χ2n) is 8.18. The highest BCUT2D eigenvalue weighted by molar-refractivity contribution is 7.17. The molecule has 2 aromatic heterocycles. The number of hydrogen-bond acceptors (Lipinski definition) is 8. The molecule has 0 atom stereocenters. The van der Waals surface area contributed by atoms with E-state index in [-0.39, 0.29) is 13.2 Å². The van der Waals surface area contributed by atoms with Gasteiger partial charge < -0.3 is 20.1 Å². The summed E-state index contributed by atoms with van der Waals surface area (Å²) in [7, 11) is 0. The summed E-state index contributed by atoms with van der Waals surface area (Å²) in [6.07, 6.45) is 7.10. The maximum Gasteiger partial charge on any atom is 0.341 e. The predicted molar refractivity (Wildman–Crippen MR) is 131 cm³/mol. The minimum Gasteiger partial charge on any atom is -0.462 e. The van der Waals surface area contributed by atoms with E-state index in [4.69, 9.17) is 9.47 Å². The van der Waals surface area contributed by atoms with Crippen LogP contribution in [-0.2, 0) is 44.7 Å². The Bertz CT molecular complexity index is 1040. The van der Waals surface area contributed by atoms with Gasteiger partial charge in [0.05, 0.1) is 24.3 Å². The van der Waals surface area contributed by atoms with Crippen LogP contribution in [-0.4, -0.2) is 37.0 Å². The summed E-state index contributed by atoms with van der Waals surface area (Å²) in [6.45, 7) is 3.89. The van der Waals surface area contributed by atoms with Crippen LogP contribution in [0.25, 0.3) is 0 Å². The zero-order valence-electron chi connectivity index (χ0n) is 19.3. The van der Waals surface area contributed by atoms with Crippen LogP contribution in [0.3, 0.4) is 0 Å². The number of anilines is 2. The lowest BCUT2D eigenvalue weighted by Gasteiger charge is -2.12. The molecule has 0 aliphatic heterocycles. The highest BCUT2D eigenvalue weighted by Gasteiger charge is 2.31. The molecule has 2 N–H and O–H groups in total. The third-order valence-corrected chi connectivity index (χ3v) is 8.38. The molecule has 2 aliphatic rings. The number of esters is 2. The van der Waals surface area contributed by atoms with Gasteiger partial charge >= 0.3 is 23.8 Å². The normalized spacial score (nSPS) is 14.5. The van der Waals surface area contributed by atoms with E-state index < -0.39 is 23.8 Å². The Morgan fingerprint density at radius 2 is 1.06 bits per heavy atom. The lowest BCUT2D eigenvalue weighted by atomic mass is 9.95. The number of fused-ring (bicyclic) bond motifs is 2. The largest absolute Gasteiger partial charge is 0.462 e. The van der Waals surface area contributed by atoms with Crippen molar-refractivity contribution in [1.29, 1.82) is 0 Å². The van der Waals surface area contributed by atoms with Crippen molar-refractivity contribution in [3.05, 3.63) is 32.0 Å². The van der Waals surface area contributed by atoms with Gasteiger partial charge in [-0.2, -0.15) is 0 Å². The van der Waals surface area contributed by atoms with Crippen molar-refractivity contribution < 1.29 is 28.7 Å². The van der Waals surface area contributed by atoms with Crippen molar-refractivity contribution in [2.75, 3.05) is 23.8 Å². The summed E-state index contributed by atoms with van der Waals surface area (Å²) in [5.74, 6) is -2.78. The van der Waals surface area contributed by atoms with Gasteiger partial charge in [-0.3, -0.25) is 9.59 Å². The van der Waals surface area contributed by atoms with Gasteiger partial charge in [0, 0.05) is 9.75 Å². The fraction of sp³-hybridized carbons (Fsp3) is 0.500. The first-order valence-electron chi connectivity index (χ1n) is 11.7. The second-order valence-corrected chi connectivity index (χ2v) is 10.4. The fourth-order valence-corrected chi connectivity index (χ4v) is 7.01. The lowest BCUT2D eigenvalue weighted by Crippen LogP contribution is -2.29. The molecule has 34 heavy (non-hydrogen) atoms. The van der Waals surface area contributed by atoms with Crippen LogP contribution in [0.2, 0.25) is 0 Å². The highest BCUT2D eigenvalue weighted by Crippen LogP contribution is 2.40. The minimum absolute atomic E-state index is 0.219. The van der Waals surface area contributed by atoms with Crippen molar-refractivity contribution in [3.63, 3.8) is 0 Å². The molecule has 0 bridgehead atoms. The van der Waals surface area contributed by atoms with Crippen LogP contribution in [0, 0.1) is 0 Å². The average molecular weight is 505 g/mol. The molecule has 0 saturated carbocycles. The maximum atomic E-state index is 12.8. The third kappa shape index (κ3) is 4.88. The lowest BCUT2D eigenvalue weighted by molar-refractivity contribution is -0.132. The van der Waals surface area contributed by atoms with Crippen molar-refractivity contribution in [3.8, 4) is 0 Å². The van der Waals surface area contributed by atoms with E-state index >= 15 is 0 Å². The Kier molecular flexibility index (Phi) is 7.67. The fourth-order valence-electron chi connectivity index (χ4n) is 4.47. The quantitative estimate of drug-likeness (QED) is 0.443. The molecule has 0 spiro atoms. The molecule has 0 saturated heterocycles. The summed E-state index contributed by atoms with van der Waals surface area (Å²) in [5, 5.41) is 5.91. The van der Waals surface area contributed by atoms with E-state index in [9.17, 15) is 19.2 Å². The standard InChI is InChI=1S/C24H28N2O6S2/c1-3-31-23(29)17-13-9-5-7-11-15(13)33-21(17)25-19(27)20(28)26-22-18(24(30)32-4-2)14-10-6-8-12-16(14)34-22/h3-12H2,1-2H3,(H,25,27)(H,26,28). The van der Waals surface area contributed by atoms with E-state index in [1.165, 1.54) is 22.7 Å². The number of thiophene rings is 2. The van der Waals surface area contributed by atoms with Crippen molar-refractivity contribution >= 4 is 56.4 Å². The number of nitrogens with one attached hydrogen (secondary N) is 2. The molecular formula is C24H28N2O6S2. The van der Waals surface area contributed by atoms with Crippen LogP contribution in [0.5, 0.6) is 0 Å². The van der Waals surface area contributed by atoms with Crippen LogP contribution in [0.15, 0.2) is 0 Å². The molecule has 4 rings (SSSR count). The van der Waals surface area contributed by atoms with Gasteiger partial charge in [0.15, 0.2) is 0 Å². The Balaban J connectivity index is 1.56. The summed E-state index contributed by atoms with van der Waals surface area (Å²) in [4.78, 5) is 53.0. The number of rotatable bonds is 6. The molecule has 182 valence electrons. The second kappa shape index (κ2) is 10.7. The number of aryl methyl sites for hydroxylation is 2. The smallest absolute Gasteiger partial charge is 0.341 e. The van der Waals surface area contributed by atoms with Crippen LogP contribution < -0.4 is 10.6 Å². The molecular weight excluding hydrogens is 476 g/mol. The Labute approximate surface area is 206 Å². The van der Waals surface area contributed by atoms with Gasteiger partial charge in [-0.1, -0.05) is 0 Å². The number of ether oxygens (including phenoxy) is 2. The summed E-state index contributed by atoms with van der Waals surface area (Å²) in [5.41, 5.74) is 2.50. The molecule has 2 heterocycles. The third-order valence-electron chi connectivity index (χ3n) is 5.96. The molecule has 10 heteroatoms. The first-order chi connectivity index (χ1) is 16.4. The average Bonchev–Trinajstić information content (AvgIpc) is 3.36. The molecule has 0 unspecified atom stereocenters. The Morgan fingerprint density at radius 1 is 0.676 bits per heavy atom. The SMILES string of the molecule is CCOC(=O)c1c(NC(=O)C(=O)Nc2sc3c(c2C(=O)OCC)CCCC3)sc2c1CCCC2. The Hall–Kier alpha value is -2.72. The maximum absolute atomic E-state index is 12.8. The van der Waals surface area contributed by atoms with Gasteiger partial charge in [0.2, 0.25) is 0 Å². The van der Waals surface area contributed by atoms with Gasteiger partial charge in [0.25, 0.3) is 0 Å².